The predicted molar refractivity (Wildman–Crippen MR) is 51.2 cm³/mol. The van der Waals surface area contributed by atoms with Gasteiger partial charge in [0.15, 0.2) is 0 Å². The highest BCUT2D eigenvalue weighted by molar-refractivity contribution is 4.74. The Morgan fingerprint density at radius 3 is 2.33 bits per heavy atom. The van der Waals surface area contributed by atoms with E-state index in [9.17, 15) is 0 Å². The molecule has 0 heterocycles. The first-order valence-electron chi connectivity index (χ1n) is 4.79. The number of hydrogen-bond acceptors (Lipinski definition) is 2. The molecule has 0 saturated heterocycles. The Labute approximate surface area is 75.9 Å². The van der Waals surface area contributed by atoms with Gasteiger partial charge in [-0.05, 0) is 25.7 Å². The average Bonchev–Trinajstić information content (AvgIpc) is 2.00. The van der Waals surface area contributed by atoms with Crippen LogP contribution in [0.2, 0.25) is 0 Å². The summed E-state index contributed by atoms with van der Waals surface area (Å²) in [5, 5.41) is 8.63. The highest BCUT2D eigenvalue weighted by Gasteiger charge is 2.23. The number of rotatable bonds is 6. The van der Waals surface area contributed by atoms with Crippen LogP contribution >= 0.6 is 0 Å². The summed E-state index contributed by atoms with van der Waals surface area (Å²) in [5.41, 5.74) is -0.0447. The average molecular weight is 174 g/mol. The molecule has 0 aromatic carbocycles. The van der Waals surface area contributed by atoms with E-state index in [0.29, 0.717) is 12.5 Å². The second kappa shape index (κ2) is 5.55. The Hall–Kier alpha value is -0.0800. The van der Waals surface area contributed by atoms with Crippen molar-refractivity contribution >= 4 is 0 Å². The van der Waals surface area contributed by atoms with Crippen molar-refractivity contribution in [3.05, 3.63) is 0 Å². The van der Waals surface area contributed by atoms with E-state index in [1.54, 1.807) is 0 Å². The zero-order chi connectivity index (χ0) is 9.61. The van der Waals surface area contributed by atoms with E-state index in [2.05, 4.69) is 27.7 Å². The zero-order valence-electron chi connectivity index (χ0n) is 8.76. The number of aliphatic hydroxyl groups excluding tert-OH is 1. The van der Waals surface area contributed by atoms with Crippen molar-refractivity contribution in [1.29, 1.82) is 0 Å². The molecule has 0 aliphatic carbocycles. The molecule has 0 saturated carbocycles. The summed E-state index contributed by atoms with van der Waals surface area (Å²) in [5.74, 6) is 0.647. The summed E-state index contributed by atoms with van der Waals surface area (Å²) in [7, 11) is 0. The van der Waals surface area contributed by atoms with Crippen molar-refractivity contribution in [2.45, 2.75) is 46.1 Å². The Bertz CT molecular complexity index is 112. The topological polar surface area (TPSA) is 29.5 Å². The third-order valence-electron chi connectivity index (χ3n) is 2.13. The predicted octanol–water partition coefficient (Wildman–Crippen LogP) is 2.21. The number of aliphatic hydroxyl groups is 1. The molecule has 0 amide bonds. The SMILES string of the molecule is CCC(C)(CC(C)C)OCCO. The van der Waals surface area contributed by atoms with E-state index < -0.39 is 0 Å². The smallest absolute Gasteiger partial charge is 0.0705 e. The molecule has 1 N–H and O–H groups in total. The molecule has 0 aromatic rings. The lowest BCUT2D eigenvalue weighted by Crippen LogP contribution is -2.30. The van der Waals surface area contributed by atoms with Crippen LogP contribution in [-0.4, -0.2) is 23.9 Å². The van der Waals surface area contributed by atoms with Gasteiger partial charge in [0.25, 0.3) is 0 Å². The summed E-state index contributed by atoms with van der Waals surface area (Å²) >= 11 is 0. The van der Waals surface area contributed by atoms with Crippen molar-refractivity contribution in [3.8, 4) is 0 Å². The fourth-order valence-corrected chi connectivity index (χ4v) is 1.46. The van der Waals surface area contributed by atoms with Crippen LogP contribution in [0.4, 0.5) is 0 Å². The lowest BCUT2D eigenvalue weighted by atomic mass is 9.92. The van der Waals surface area contributed by atoms with Gasteiger partial charge in [0, 0.05) is 0 Å². The van der Waals surface area contributed by atoms with Crippen molar-refractivity contribution in [1.82, 2.24) is 0 Å². The Kier molecular flexibility index (Phi) is 5.51. The molecule has 12 heavy (non-hydrogen) atoms. The van der Waals surface area contributed by atoms with Crippen LogP contribution in [0.3, 0.4) is 0 Å². The first-order valence-corrected chi connectivity index (χ1v) is 4.79. The third kappa shape index (κ3) is 4.73. The normalized spacial score (nSPS) is 16.5. The van der Waals surface area contributed by atoms with E-state index in [1.807, 2.05) is 0 Å². The molecule has 2 nitrogen and oxygen atoms in total. The van der Waals surface area contributed by atoms with Crippen LogP contribution in [-0.2, 0) is 4.74 Å². The fourth-order valence-electron chi connectivity index (χ4n) is 1.46. The number of ether oxygens (including phenoxy) is 1. The lowest BCUT2D eigenvalue weighted by Gasteiger charge is -2.30. The van der Waals surface area contributed by atoms with E-state index in [0.717, 1.165) is 12.8 Å². The molecular formula is C10H22O2. The van der Waals surface area contributed by atoms with E-state index in [-0.39, 0.29) is 12.2 Å². The van der Waals surface area contributed by atoms with Crippen LogP contribution in [0, 0.1) is 5.92 Å². The van der Waals surface area contributed by atoms with Crippen molar-refractivity contribution < 1.29 is 9.84 Å². The summed E-state index contributed by atoms with van der Waals surface area (Å²) in [6.45, 7) is 9.19. The minimum absolute atomic E-state index is 0.0447. The van der Waals surface area contributed by atoms with Gasteiger partial charge < -0.3 is 9.84 Å². The minimum atomic E-state index is -0.0447. The Morgan fingerprint density at radius 1 is 1.42 bits per heavy atom. The fraction of sp³-hybridized carbons (Fsp3) is 1.00. The molecule has 74 valence electrons. The first-order chi connectivity index (χ1) is 5.54. The lowest BCUT2D eigenvalue weighted by molar-refractivity contribution is -0.0600. The first kappa shape index (κ1) is 11.9. The molecule has 0 bridgehead atoms. The van der Waals surface area contributed by atoms with E-state index >= 15 is 0 Å². The molecule has 0 spiro atoms. The third-order valence-corrected chi connectivity index (χ3v) is 2.13. The standard InChI is InChI=1S/C10H22O2/c1-5-10(4,8-9(2)3)12-7-6-11/h9,11H,5-8H2,1-4H3. The molecule has 2 heteroatoms. The molecule has 0 rings (SSSR count). The van der Waals surface area contributed by atoms with Gasteiger partial charge >= 0.3 is 0 Å². The van der Waals surface area contributed by atoms with Gasteiger partial charge in [-0.15, -0.1) is 0 Å². The van der Waals surface area contributed by atoms with Crippen LogP contribution < -0.4 is 0 Å². The van der Waals surface area contributed by atoms with Crippen LogP contribution in [0.25, 0.3) is 0 Å². The molecule has 1 unspecified atom stereocenters. The molecule has 0 aromatic heterocycles. The molecule has 0 aliphatic rings. The van der Waals surface area contributed by atoms with Gasteiger partial charge in [0.2, 0.25) is 0 Å². The Balaban J connectivity index is 3.86. The molecule has 0 aliphatic heterocycles. The second-order valence-electron chi connectivity index (χ2n) is 3.97. The monoisotopic (exact) mass is 174 g/mol. The minimum Gasteiger partial charge on any atom is -0.394 e. The highest BCUT2D eigenvalue weighted by Crippen LogP contribution is 2.23. The number of hydrogen-bond donors (Lipinski definition) is 1. The molecule has 0 fully saturated rings. The molecule has 0 radical (unpaired) electrons. The van der Waals surface area contributed by atoms with Crippen molar-refractivity contribution in [2.75, 3.05) is 13.2 Å². The van der Waals surface area contributed by atoms with Crippen molar-refractivity contribution in [3.63, 3.8) is 0 Å². The van der Waals surface area contributed by atoms with Gasteiger partial charge in [0.05, 0.1) is 18.8 Å². The van der Waals surface area contributed by atoms with E-state index in [4.69, 9.17) is 9.84 Å². The summed E-state index contributed by atoms with van der Waals surface area (Å²) in [4.78, 5) is 0. The maximum atomic E-state index is 8.63. The summed E-state index contributed by atoms with van der Waals surface area (Å²) in [6, 6.07) is 0. The molecular weight excluding hydrogens is 152 g/mol. The maximum absolute atomic E-state index is 8.63. The largest absolute Gasteiger partial charge is 0.394 e. The van der Waals surface area contributed by atoms with Gasteiger partial charge in [0.1, 0.15) is 0 Å². The Morgan fingerprint density at radius 2 is 2.00 bits per heavy atom. The second-order valence-corrected chi connectivity index (χ2v) is 3.97. The quantitative estimate of drug-likeness (QED) is 0.669. The van der Waals surface area contributed by atoms with Gasteiger partial charge in [-0.1, -0.05) is 20.8 Å². The molecule has 1 atom stereocenters. The van der Waals surface area contributed by atoms with Gasteiger partial charge in [-0.2, -0.15) is 0 Å². The van der Waals surface area contributed by atoms with E-state index in [1.165, 1.54) is 0 Å². The zero-order valence-corrected chi connectivity index (χ0v) is 8.76. The summed E-state index contributed by atoms with van der Waals surface area (Å²) < 4.78 is 5.59. The van der Waals surface area contributed by atoms with Gasteiger partial charge in [-0.3, -0.25) is 0 Å². The highest BCUT2D eigenvalue weighted by atomic mass is 16.5. The van der Waals surface area contributed by atoms with Crippen LogP contribution in [0.15, 0.2) is 0 Å². The summed E-state index contributed by atoms with van der Waals surface area (Å²) in [6.07, 6.45) is 2.06. The van der Waals surface area contributed by atoms with Crippen LogP contribution in [0.1, 0.15) is 40.5 Å². The van der Waals surface area contributed by atoms with Gasteiger partial charge in [-0.25, -0.2) is 0 Å². The van der Waals surface area contributed by atoms with Crippen molar-refractivity contribution in [2.24, 2.45) is 5.92 Å². The maximum Gasteiger partial charge on any atom is 0.0705 e. The van der Waals surface area contributed by atoms with Crippen LogP contribution in [0.5, 0.6) is 0 Å².